The summed E-state index contributed by atoms with van der Waals surface area (Å²) in [6, 6.07) is 5.26. The number of urea groups is 1. The van der Waals surface area contributed by atoms with E-state index in [1.165, 1.54) is 19.3 Å². The van der Waals surface area contributed by atoms with Crippen LogP contribution in [0.3, 0.4) is 0 Å². The van der Waals surface area contributed by atoms with Crippen LogP contribution in [0.15, 0.2) is 18.2 Å². The molecule has 0 unspecified atom stereocenters. The third-order valence-corrected chi connectivity index (χ3v) is 4.55. The first kappa shape index (κ1) is 13.9. The molecule has 0 aromatic heterocycles. The summed E-state index contributed by atoms with van der Waals surface area (Å²) in [6.07, 6.45) is 4.31. The van der Waals surface area contributed by atoms with Crippen molar-refractivity contribution in [3.8, 4) is 0 Å². The quantitative estimate of drug-likeness (QED) is 0.896. The summed E-state index contributed by atoms with van der Waals surface area (Å²) in [5, 5.41) is 12.2. The van der Waals surface area contributed by atoms with Gasteiger partial charge in [-0.3, -0.25) is 0 Å². The number of hydrogen-bond acceptors (Lipinski definition) is 2. The molecule has 2 amide bonds. The van der Waals surface area contributed by atoms with E-state index in [-0.39, 0.29) is 6.03 Å². The van der Waals surface area contributed by atoms with Gasteiger partial charge < -0.3 is 15.3 Å². The maximum atomic E-state index is 12.2. The molecule has 0 spiro atoms. The lowest BCUT2D eigenvalue weighted by Crippen LogP contribution is -2.45. The van der Waals surface area contributed by atoms with Crippen molar-refractivity contribution in [2.24, 2.45) is 5.92 Å². The Morgan fingerprint density at radius 2 is 2.14 bits per heavy atom. The second kappa shape index (κ2) is 5.76. The van der Waals surface area contributed by atoms with Gasteiger partial charge >= 0.3 is 12.0 Å². The zero-order valence-corrected chi connectivity index (χ0v) is 12.0. The van der Waals surface area contributed by atoms with Crippen LogP contribution in [0.5, 0.6) is 0 Å². The number of hydrogen-bond donors (Lipinski definition) is 2. The molecule has 2 N–H and O–H groups in total. The predicted octanol–water partition coefficient (Wildman–Crippen LogP) is 2.25. The molecule has 3 rings (SSSR count). The van der Waals surface area contributed by atoms with Crippen molar-refractivity contribution < 1.29 is 14.7 Å². The lowest BCUT2D eigenvalue weighted by Gasteiger charge is -2.31. The first-order valence-corrected chi connectivity index (χ1v) is 7.52. The molecule has 2 aliphatic rings. The van der Waals surface area contributed by atoms with Crippen molar-refractivity contribution in [2.45, 2.75) is 32.2 Å². The number of rotatable bonds is 3. The summed E-state index contributed by atoms with van der Waals surface area (Å²) in [6.45, 7) is 1.83. The van der Waals surface area contributed by atoms with Crippen LogP contribution in [0.2, 0.25) is 0 Å². The van der Waals surface area contributed by atoms with Gasteiger partial charge in [0.25, 0.3) is 0 Å². The molecule has 0 radical (unpaired) electrons. The zero-order valence-electron chi connectivity index (χ0n) is 12.0. The van der Waals surface area contributed by atoms with Crippen molar-refractivity contribution >= 4 is 12.0 Å². The van der Waals surface area contributed by atoms with E-state index in [0.717, 1.165) is 17.7 Å². The number of carbonyl (C=O) groups is 2. The fourth-order valence-corrected chi connectivity index (χ4v) is 3.02. The molecule has 1 heterocycles. The summed E-state index contributed by atoms with van der Waals surface area (Å²) >= 11 is 0. The van der Waals surface area contributed by atoms with Gasteiger partial charge in [0, 0.05) is 19.6 Å². The van der Waals surface area contributed by atoms with Crippen molar-refractivity contribution in [1.82, 2.24) is 10.2 Å². The molecule has 1 fully saturated rings. The Bertz CT molecular complexity index is 567. The molecule has 0 saturated heterocycles. The minimum absolute atomic E-state index is 0.0340. The highest BCUT2D eigenvalue weighted by molar-refractivity contribution is 5.90. The van der Waals surface area contributed by atoms with E-state index < -0.39 is 5.97 Å². The maximum absolute atomic E-state index is 12.2. The molecular formula is C16H20N2O3. The average Bonchev–Trinajstić information content (AvgIpc) is 2.44. The van der Waals surface area contributed by atoms with Gasteiger partial charge in [0.2, 0.25) is 0 Å². The van der Waals surface area contributed by atoms with Crippen molar-refractivity contribution in [3.63, 3.8) is 0 Å². The molecule has 5 nitrogen and oxygen atoms in total. The van der Waals surface area contributed by atoms with E-state index in [2.05, 4.69) is 5.32 Å². The second-order valence-corrected chi connectivity index (χ2v) is 5.90. The van der Waals surface area contributed by atoms with E-state index in [1.807, 2.05) is 6.07 Å². The van der Waals surface area contributed by atoms with Crippen LogP contribution in [0.4, 0.5) is 4.79 Å². The Balaban J connectivity index is 1.65. The van der Waals surface area contributed by atoms with E-state index in [1.54, 1.807) is 17.0 Å². The molecule has 112 valence electrons. The largest absolute Gasteiger partial charge is 0.478 e. The van der Waals surface area contributed by atoms with Crippen LogP contribution < -0.4 is 5.32 Å². The summed E-state index contributed by atoms with van der Waals surface area (Å²) in [5.74, 6) is -0.251. The normalized spacial score (nSPS) is 17.8. The van der Waals surface area contributed by atoms with Gasteiger partial charge in [-0.25, -0.2) is 9.59 Å². The summed E-state index contributed by atoms with van der Waals surface area (Å²) in [4.78, 5) is 25.2. The summed E-state index contributed by atoms with van der Waals surface area (Å²) in [5.41, 5.74) is 2.18. The molecule has 1 aromatic rings. The smallest absolute Gasteiger partial charge is 0.335 e. The number of aromatic carboxylic acids is 1. The number of carbonyl (C=O) groups excluding carboxylic acids is 1. The number of fused-ring (bicyclic) bond motifs is 1. The van der Waals surface area contributed by atoms with Crippen molar-refractivity contribution in [2.75, 3.05) is 13.1 Å². The van der Waals surface area contributed by atoms with Crippen LogP contribution >= 0.6 is 0 Å². The number of carboxylic acids is 1. The topological polar surface area (TPSA) is 69.6 Å². The highest BCUT2D eigenvalue weighted by atomic mass is 16.4. The van der Waals surface area contributed by atoms with Crippen LogP contribution in [0, 0.1) is 5.92 Å². The van der Waals surface area contributed by atoms with Gasteiger partial charge in [0.1, 0.15) is 0 Å². The Morgan fingerprint density at radius 3 is 2.81 bits per heavy atom. The van der Waals surface area contributed by atoms with Gasteiger partial charge in [0.05, 0.1) is 5.56 Å². The Kier molecular flexibility index (Phi) is 3.82. The molecule has 1 aromatic carbocycles. The SMILES string of the molecule is O=C(O)c1cccc2c1CCN(C(=O)NCC1CCC1)C2. The maximum Gasteiger partial charge on any atom is 0.335 e. The Hall–Kier alpha value is -2.04. The van der Waals surface area contributed by atoms with Gasteiger partial charge in [0.15, 0.2) is 0 Å². The summed E-state index contributed by atoms with van der Waals surface area (Å²) in [7, 11) is 0. The minimum atomic E-state index is -0.894. The molecule has 5 heteroatoms. The van der Waals surface area contributed by atoms with E-state index >= 15 is 0 Å². The molecule has 1 aliphatic carbocycles. The number of benzene rings is 1. The fourth-order valence-electron chi connectivity index (χ4n) is 3.02. The molecule has 0 atom stereocenters. The molecular weight excluding hydrogens is 268 g/mol. The van der Waals surface area contributed by atoms with Gasteiger partial charge in [-0.15, -0.1) is 0 Å². The predicted molar refractivity (Wildman–Crippen MR) is 78.3 cm³/mol. The molecule has 1 saturated carbocycles. The van der Waals surface area contributed by atoms with E-state index in [9.17, 15) is 14.7 Å². The van der Waals surface area contributed by atoms with E-state index in [4.69, 9.17) is 0 Å². The fraction of sp³-hybridized carbons (Fsp3) is 0.500. The number of nitrogens with one attached hydrogen (secondary N) is 1. The van der Waals surface area contributed by atoms with Crippen LogP contribution in [-0.2, 0) is 13.0 Å². The second-order valence-electron chi connectivity index (χ2n) is 5.90. The molecule has 21 heavy (non-hydrogen) atoms. The minimum Gasteiger partial charge on any atom is -0.478 e. The third kappa shape index (κ3) is 2.86. The first-order valence-electron chi connectivity index (χ1n) is 7.52. The third-order valence-electron chi connectivity index (χ3n) is 4.55. The number of carboxylic acid groups (broad SMARTS) is 1. The first-order chi connectivity index (χ1) is 10.1. The van der Waals surface area contributed by atoms with E-state index in [0.29, 0.717) is 31.0 Å². The van der Waals surface area contributed by atoms with Crippen LogP contribution in [0.25, 0.3) is 0 Å². The molecule has 1 aliphatic heterocycles. The average molecular weight is 288 g/mol. The monoisotopic (exact) mass is 288 g/mol. The summed E-state index contributed by atoms with van der Waals surface area (Å²) < 4.78 is 0. The van der Waals surface area contributed by atoms with Crippen LogP contribution in [-0.4, -0.2) is 35.1 Å². The van der Waals surface area contributed by atoms with Crippen LogP contribution in [0.1, 0.15) is 40.7 Å². The number of nitrogens with zero attached hydrogens (tertiary/aromatic N) is 1. The lowest BCUT2D eigenvalue weighted by molar-refractivity contribution is 0.0695. The van der Waals surface area contributed by atoms with Gasteiger partial charge in [-0.2, -0.15) is 0 Å². The standard InChI is InChI=1S/C16H20N2O3/c19-15(20)14-6-2-5-12-10-18(8-7-13(12)14)16(21)17-9-11-3-1-4-11/h2,5-6,11H,1,3-4,7-10H2,(H,17,21)(H,19,20). The van der Waals surface area contributed by atoms with Crippen molar-refractivity contribution in [3.05, 3.63) is 34.9 Å². The Morgan fingerprint density at radius 1 is 1.33 bits per heavy atom. The molecule has 0 bridgehead atoms. The number of amides is 2. The van der Waals surface area contributed by atoms with Gasteiger partial charge in [-0.05, 0) is 42.4 Å². The van der Waals surface area contributed by atoms with Crippen molar-refractivity contribution in [1.29, 1.82) is 0 Å². The zero-order chi connectivity index (χ0) is 14.8. The lowest BCUT2D eigenvalue weighted by atomic mass is 9.85. The van der Waals surface area contributed by atoms with Gasteiger partial charge in [-0.1, -0.05) is 18.6 Å². The highest BCUT2D eigenvalue weighted by Gasteiger charge is 2.25. The Labute approximate surface area is 123 Å². The highest BCUT2D eigenvalue weighted by Crippen LogP contribution is 2.26.